The first-order valence-corrected chi connectivity index (χ1v) is 16.3. The highest BCUT2D eigenvalue weighted by Crippen LogP contribution is 2.40. The molecular weight excluding hydrogens is 625 g/mol. The van der Waals surface area contributed by atoms with Gasteiger partial charge in [0.1, 0.15) is 11.8 Å². The van der Waals surface area contributed by atoms with Gasteiger partial charge in [-0.3, -0.25) is 14.6 Å². The largest absolute Gasteiger partial charge is 0.494 e. The van der Waals surface area contributed by atoms with E-state index in [1.54, 1.807) is 6.07 Å². The number of hydrogen-bond donors (Lipinski definition) is 1. The molecule has 9 heteroatoms. The average molecular weight is 665 g/mol. The molecule has 0 radical (unpaired) electrons. The van der Waals surface area contributed by atoms with Crippen LogP contribution < -0.4 is 4.74 Å². The number of carboxylic acid groups (broad SMARTS) is 1. The van der Waals surface area contributed by atoms with Gasteiger partial charge < -0.3 is 9.84 Å². The zero-order chi connectivity index (χ0) is 33.4. The monoisotopic (exact) mass is 664 g/mol. The lowest BCUT2D eigenvalue weighted by Crippen LogP contribution is -2.45. The number of benzene rings is 4. The maximum Gasteiger partial charge on any atom is 0.417 e. The van der Waals surface area contributed by atoms with Crippen LogP contribution in [0, 0.1) is 0 Å². The van der Waals surface area contributed by atoms with Gasteiger partial charge in [-0.25, -0.2) is 0 Å². The summed E-state index contributed by atoms with van der Waals surface area (Å²) in [5, 5.41) is 9.20. The zero-order valence-corrected chi connectivity index (χ0v) is 27.2. The Kier molecular flexibility index (Phi) is 11.3. The molecule has 0 aliphatic carbocycles. The Labute approximate surface area is 279 Å². The number of nitrogens with zero attached hydrogens (tertiary/aromatic N) is 2. The molecule has 47 heavy (non-hydrogen) atoms. The second kappa shape index (κ2) is 15.4. The third-order valence-corrected chi connectivity index (χ3v) is 9.57. The van der Waals surface area contributed by atoms with Crippen molar-refractivity contribution in [3.05, 3.63) is 136 Å². The molecule has 5 nitrogen and oxygen atoms in total. The molecule has 0 bridgehead atoms. The zero-order valence-electron chi connectivity index (χ0n) is 26.4. The Morgan fingerprint density at radius 2 is 1.62 bits per heavy atom. The van der Waals surface area contributed by atoms with E-state index in [0.717, 1.165) is 47.9 Å². The van der Waals surface area contributed by atoms with Crippen molar-refractivity contribution in [3.63, 3.8) is 0 Å². The average Bonchev–Trinajstić information content (AvgIpc) is 3.55. The Morgan fingerprint density at radius 1 is 0.957 bits per heavy atom. The first-order valence-electron chi connectivity index (χ1n) is 16.0. The molecule has 1 N–H and O–H groups in total. The summed E-state index contributed by atoms with van der Waals surface area (Å²) < 4.78 is 47.6. The van der Waals surface area contributed by atoms with E-state index in [2.05, 4.69) is 11.8 Å². The van der Waals surface area contributed by atoms with Gasteiger partial charge in [-0.05, 0) is 79.6 Å². The molecule has 1 atom stereocenters. The van der Waals surface area contributed by atoms with Crippen LogP contribution in [-0.2, 0) is 29.5 Å². The quantitative estimate of drug-likeness (QED) is 0.137. The van der Waals surface area contributed by atoms with Crippen molar-refractivity contribution in [1.82, 2.24) is 9.80 Å². The van der Waals surface area contributed by atoms with E-state index in [1.165, 1.54) is 6.07 Å². The lowest BCUT2D eigenvalue weighted by atomic mass is 9.82. The molecule has 1 unspecified atom stereocenters. The smallest absolute Gasteiger partial charge is 0.417 e. The van der Waals surface area contributed by atoms with Crippen LogP contribution in [0.2, 0.25) is 5.02 Å². The van der Waals surface area contributed by atoms with E-state index in [9.17, 15) is 23.1 Å². The van der Waals surface area contributed by atoms with Gasteiger partial charge in [0.2, 0.25) is 0 Å². The Morgan fingerprint density at radius 3 is 2.26 bits per heavy atom. The molecule has 0 saturated carbocycles. The van der Waals surface area contributed by atoms with E-state index in [4.69, 9.17) is 16.3 Å². The van der Waals surface area contributed by atoms with Gasteiger partial charge in [0.15, 0.2) is 0 Å². The lowest BCUT2D eigenvalue weighted by molar-refractivity contribution is -0.142. The molecule has 4 aromatic rings. The first kappa shape index (κ1) is 34.5. The van der Waals surface area contributed by atoms with Crippen molar-refractivity contribution in [2.75, 3.05) is 26.2 Å². The fourth-order valence-corrected chi connectivity index (χ4v) is 6.82. The van der Waals surface area contributed by atoms with E-state index in [-0.39, 0.29) is 11.6 Å². The Hall–Kier alpha value is -3.85. The summed E-state index contributed by atoms with van der Waals surface area (Å²) in [6, 6.07) is 31.4. The minimum absolute atomic E-state index is 0.187. The molecule has 4 aromatic carbocycles. The number of ether oxygens (including phenoxy) is 1. The third kappa shape index (κ3) is 8.36. The third-order valence-electron chi connectivity index (χ3n) is 9.13. The molecule has 1 aliphatic rings. The highest BCUT2D eigenvalue weighted by molar-refractivity contribution is 6.32. The van der Waals surface area contributed by atoms with Crippen LogP contribution in [0.5, 0.6) is 5.75 Å². The number of halogens is 4. The van der Waals surface area contributed by atoms with E-state index in [1.807, 2.05) is 89.8 Å². The van der Waals surface area contributed by atoms with Crippen molar-refractivity contribution in [1.29, 1.82) is 0 Å². The minimum atomic E-state index is -4.56. The van der Waals surface area contributed by atoms with Gasteiger partial charge in [-0.2, -0.15) is 13.2 Å². The lowest BCUT2D eigenvalue weighted by Gasteiger charge is -2.43. The summed E-state index contributed by atoms with van der Waals surface area (Å²) in [5.74, 6) is -0.0420. The first-order chi connectivity index (χ1) is 22.6. The van der Waals surface area contributed by atoms with Crippen molar-refractivity contribution in [2.24, 2.45) is 0 Å². The van der Waals surface area contributed by atoms with Gasteiger partial charge in [0.05, 0.1) is 22.7 Å². The molecule has 248 valence electrons. The number of aliphatic carboxylic acids is 1. The summed E-state index contributed by atoms with van der Waals surface area (Å²) in [6.45, 7) is 4.65. The second-order valence-corrected chi connectivity index (χ2v) is 12.5. The van der Waals surface area contributed by atoms with Crippen LogP contribution in [0.4, 0.5) is 13.2 Å². The maximum absolute atomic E-state index is 13.8. The van der Waals surface area contributed by atoms with Gasteiger partial charge in [-0.15, -0.1) is 0 Å². The minimum Gasteiger partial charge on any atom is -0.494 e. The van der Waals surface area contributed by atoms with E-state index < -0.39 is 29.3 Å². The van der Waals surface area contributed by atoms with Crippen LogP contribution in [0.15, 0.2) is 103 Å². The topological polar surface area (TPSA) is 53.0 Å². The van der Waals surface area contributed by atoms with Crippen molar-refractivity contribution in [3.8, 4) is 5.75 Å². The number of hydrogen-bond acceptors (Lipinski definition) is 4. The van der Waals surface area contributed by atoms with Crippen LogP contribution in [0.1, 0.15) is 54.0 Å². The van der Waals surface area contributed by atoms with Gasteiger partial charge in [-0.1, -0.05) is 96.5 Å². The normalized spacial score (nSPS) is 15.7. The number of likely N-dealkylation sites (tertiary alicyclic amines) is 1. The van der Waals surface area contributed by atoms with Crippen molar-refractivity contribution >= 4 is 17.6 Å². The number of carbonyl (C=O) groups is 1. The predicted molar refractivity (Wildman–Crippen MR) is 179 cm³/mol. The standard InChI is InChI=1S/C38H40ClF3N2O3/c1-37(30-14-4-2-5-15-30,31-16-6-3-7-17-31)44(27-29-13-9-19-33(35(29)39)38(40,41)42)23-11-25-47-32-18-8-12-28(26-32)21-24-43-22-10-20-34(43)36(45)46/h2-9,12-19,26,34H,10-11,20-25,27H2,1H3,(H,45,46). The molecule has 1 heterocycles. The highest BCUT2D eigenvalue weighted by Gasteiger charge is 2.38. The van der Waals surface area contributed by atoms with Crippen molar-refractivity contribution in [2.45, 2.75) is 56.9 Å². The maximum atomic E-state index is 13.8. The fraction of sp³-hybridized carbons (Fsp3) is 0.342. The highest BCUT2D eigenvalue weighted by atomic mass is 35.5. The molecule has 0 spiro atoms. The summed E-state index contributed by atoms with van der Waals surface area (Å²) in [4.78, 5) is 15.8. The molecule has 5 rings (SSSR count). The predicted octanol–water partition coefficient (Wildman–Crippen LogP) is 8.69. The van der Waals surface area contributed by atoms with Gasteiger partial charge in [0, 0.05) is 19.6 Å². The second-order valence-electron chi connectivity index (χ2n) is 12.1. The van der Waals surface area contributed by atoms with Gasteiger partial charge >= 0.3 is 12.1 Å². The molecule has 1 fully saturated rings. The SMILES string of the molecule is CC(c1ccccc1)(c1ccccc1)N(CCCOc1cccc(CCN2CCCC2C(=O)O)c1)Cc1cccc(C(F)(F)F)c1Cl. The van der Waals surface area contributed by atoms with E-state index in [0.29, 0.717) is 38.1 Å². The summed E-state index contributed by atoms with van der Waals surface area (Å²) in [7, 11) is 0. The molecule has 0 amide bonds. The van der Waals surface area contributed by atoms with Crippen LogP contribution in [0.3, 0.4) is 0 Å². The van der Waals surface area contributed by atoms with E-state index >= 15 is 0 Å². The Bertz CT molecular complexity index is 1580. The number of rotatable bonds is 14. The van der Waals surface area contributed by atoms with Crippen molar-refractivity contribution < 1.29 is 27.8 Å². The summed E-state index contributed by atoms with van der Waals surface area (Å²) in [6.07, 6.45) is -1.66. The van der Waals surface area contributed by atoms with Crippen LogP contribution in [-0.4, -0.2) is 53.2 Å². The number of carboxylic acids is 1. The molecule has 1 aliphatic heterocycles. The number of alkyl halides is 3. The van der Waals surface area contributed by atoms with Crippen LogP contribution >= 0.6 is 11.6 Å². The van der Waals surface area contributed by atoms with Gasteiger partial charge in [0.25, 0.3) is 0 Å². The van der Waals surface area contributed by atoms with Crippen LogP contribution in [0.25, 0.3) is 0 Å². The molecule has 0 aromatic heterocycles. The fourth-order valence-electron chi connectivity index (χ4n) is 6.53. The Balaban J connectivity index is 1.34. The summed E-state index contributed by atoms with van der Waals surface area (Å²) in [5.41, 5.74) is 1.95. The molecule has 1 saturated heterocycles. The molecular formula is C38H40ClF3N2O3. The summed E-state index contributed by atoms with van der Waals surface area (Å²) >= 11 is 6.42.